The van der Waals surface area contributed by atoms with Crippen molar-refractivity contribution in [3.8, 4) is 0 Å². The summed E-state index contributed by atoms with van der Waals surface area (Å²) in [6.07, 6.45) is 17.8. The molecule has 3 rings (SSSR count). The maximum Gasteiger partial charge on any atom is 0.204 e. The number of halogens is 1. The number of piperidine rings is 1. The Bertz CT molecular complexity index is 844. The standard InChI is InChI=1S/C25H37ClN2OS.C4H10.C2H6.2CH3NO.CH5N.CH2O/c1-20(30-25-19-23(26)10-11-24(25)27)8-9-21(22-12-17-29-18-13-22)7-3-6-16-28-14-4-2-5-15-28;1-3-4-2;1-2;2*2-1-3;2*1-2/h3,6,10-11,19,21-22H,1-2,4-5,7-9,12-18,27H2;3-4H2,1-2H3;1-2H3;2*1H,(H2,2,3);2H2,1H3;1H2/b6-3+;;;;;;. The molecule has 2 aliphatic rings. The number of carbonyl (C=O) groups is 3. The van der Waals surface area contributed by atoms with Crippen LogP contribution in [0, 0.1) is 11.8 Å². The van der Waals surface area contributed by atoms with Crippen molar-refractivity contribution in [2.24, 2.45) is 29.0 Å². The predicted octanol–water partition coefficient (Wildman–Crippen LogP) is 7.21. The van der Waals surface area contributed by atoms with Crippen LogP contribution >= 0.6 is 23.4 Å². The van der Waals surface area contributed by atoms with Crippen LogP contribution in [0.1, 0.15) is 91.9 Å². The van der Waals surface area contributed by atoms with Crippen molar-refractivity contribution in [3.63, 3.8) is 0 Å². The summed E-state index contributed by atoms with van der Waals surface area (Å²) in [6, 6.07) is 5.64. The number of allylic oxidation sites excluding steroid dienone is 2. The molecule has 0 aliphatic carbocycles. The molecule has 0 spiro atoms. The van der Waals surface area contributed by atoms with Crippen molar-refractivity contribution in [3.05, 3.63) is 46.9 Å². The molecule has 9 nitrogen and oxygen atoms in total. The van der Waals surface area contributed by atoms with E-state index in [1.807, 2.05) is 38.8 Å². The van der Waals surface area contributed by atoms with Crippen molar-refractivity contribution in [1.82, 2.24) is 4.90 Å². The molecule has 8 N–H and O–H groups in total. The first-order valence-electron chi connectivity index (χ1n) is 16.4. The number of nitrogens with zero attached hydrogens (tertiary/aromatic N) is 1. The zero-order valence-corrected chi connectivity index (χ0v) is 31.0. The van der Waals surface area contributed by atoms with Crippen LogP contribution in [0.2, 0.25) is 5.02 Å². The minimum Gasteiger partial charge on any atom is -0.398 e. The van der Waals surface area contributed by atoms with Crippen LogP contribution < -0.4 is 22.9 Å². The van der Waals surface area contributed by atoms with Gasteiger partial charge in [-0.2, -0.15) is 0 Å². The molecule has 1 atom stereocenters. The van der Waals surface area contributed by atoms with Crippen molar-refractivity contribution >= 4 is 48.7 Å². The number of likely N-dealkylation sites (tertiary alicyclic amines) is 1. The molecular weight excluding hydrogens is 622 g/mol. The average molecular weight is 688 g/mol. The fourth-order valence-corrected chi connectivity index (χ4v) is 5.66. The van der Waals surface area contributed by atoms with Gasteiger partial charge in [0.15, 0.2) is 0 Å². The summed E-state index contributed by atoms with van der Waals surface area (Å²) in [6.45, 7) is 20.1. The van der Waals surface area contributed by atoms with Crippen LogP contribution in [0.5, 0.6) is 0 Å². The summed E-state index contributed by atoms with van der Waals surface area (Å²) in [5.41, 5.74) is 19.7. The fourth-order valence-electron chi connectivity index (χ4n) is 4.52. The molecule has 1 aromatic carbocycles. The highest BCUT2D eigenvalue weighted by Crippen LogP contribution is 2.37. The summed E-state index contributed by atoms with van der Waals surface area (Å²) >= 11 is 7.80. The second-order valence-electron chi connectivity index (χ2n) is 9.91. The van der Waals surface area contributed by atoms with Gasteiger partial charge in [-0.15, -0.1) is 0 Å². The van der Waals surface area contributed by atoms with E-state index in [-0.39, 0.29) is 12.8 Å². The number of unbranched alkanes of at least 4 members (excludes halogenated alkanes) is 1. The van der Waals surface area contributed by atoms with Crippen LogP contribution in [-0.4, -0.2) is 64.4 Å². The summed E-state index contributed by atoms with van der Waals surface area (Å²) in [4.78, 5) is 29.9. The number of nitrogen functional groups attached to an aromatic ring is 1. The third kappa shape index (κ3) is 30.3. The number of benzene rings is 1. The molecule has 1 aromatic rings. The van der Waals surface area contributed by atoms with E-state index < -0.39 is 0 Å². The molecule has 1 unspecified atom stereocenters. The summed E-state index contributed by atoms with van der Waals surface area (Å²) in [5.74, 6) is 1.45. The van der Waals surface area contributed by atoms with Gasteiger partial charge in [0.1, 0.15) is 6.79 Å². The van der Waals surface area contributed by atoms with Gasteiger partial charge in [0.2, 0.25) is 12.8 Å². The van der Waals surface area contributed by atoms with Gasteiger partial charge < -0.3 is 32.5 Å². The van der Waals surface area contributed by atoms with Crippen molar-refractivity contribution < 1.29 is 19.1 Å². The Hall–Kier alpha value is -2.37. The normalized spacial score (nSPS) is 14.5. The molecule has 0 radical (unpaired) electrons. The van der Waals surface area contributed by atoms with Gasteiger partial charge >= 0.3 is 0 Å². The molecule has 2 heterocycles. The molecule has 0 saturated carbocycles. The average Bonchev–Trinajstić information content (AvgIpc) is 3.10. The number of hydrogen-bond donors (Lipinski definition) is 4. The molecule has 2 fully saturated rings. The zero-order valence-electron chi connectivity index (χ0n) is 29.4. The number of hydrogen-bond acceptors (Lipinski definition) is 8. The van der Waals surface area contributed by atoms with Crippen molar-refractivity contribution in [2.45, 2.75) is 96.8 Å². The maximum absolute atomic E-state index is 8.58. The summed E-state index contributed by atoms with van der Waals surface area (Å²) < 4.78 is 5.61. The highest BCUT2D eigenvalue weighted by atomic mass is 35.5. The number of amides is 2. The van der Waals surface area contributed by atoms with E-state index in [1.165, 1.54) is 76.4 Å². The number of nitrogens with two attached hydrogens (primary N) is 4. The second-order valence-corrected chi connectivity index (χ2v) is 11.6. The van der Waals surface area contributed by atoms with Gasteiger partial charge in [-0.1, -0.05) is 89.1 Å². The fraction of sp³-hybridized carbons (Fsp3) is 0.629. The van der Waals surface area contributed by atoms with E-state index >= 15 is 0 Å². The first-order valence-corrected chi connectivity index (χ1v) is 17.6. The Kier molecular flexibility index (Phi) is 44.6. The molecule has 268 valence electrons. The van der Waals surface area contributed by atoms with E-state index in [0.717, 1.165) is 54.1 Å². The predicted molar refractivity (Wildman–Crippen MR) is 201 cm³/mol. The zero-order chi connectivity index (χ0) is 36.0. The summed E-state index contributed by atoms with van der Waals surface area (Å²) in [5, 5.41) is 0.721. The largest absolute Gasteiger partial charge is 0.398 e. The van der Waals surface area contributed by atoms with Gasteiger partial charge in [-0.05, 0) is 100 Å². The van der Waals surface area contributed by atoms with Gasteiger partial charge in [-0.25, -0.2) is 0 Å². The van der Waals surface area contributed by atoms with E-state index in [1.54, 1.807) is 11.8 Å². The number of anilines is 1. The van der Waals surface area contributed by atoms with E-state index in [2.05, 4.69) is 54.7 Å². The van der Waals surface area contributed by atoms with Gasteiger partial charge in [0.25, 0.3) is 0 Å². The smallest absolute Gasteiger partial charge is 0.204 e. The van der Waals surface area contributed by atoms with Gasteiger partial charge in [0, 0.05) is 35.4 Å². The van der Waals surface area contributed by atoms with E-state index in [4.69, 9.17) is 36.5 Å². The Balaban J connectivity index is -0.000000469. The Morgan fingerprint density at radius 2 is 1.54 bits per heavy atom. The highest BCUT2D eigenvalue weighted by molar-refractivity contribution is 8.03. The molecule has 2 aliphatic heterocycles. The first-order chi connectivity index (χ1) is 22.4. The van der Waals surface area contributed by atoms with Crippen molar-refractivity contribution in [1.29, 1.82) is 0 Å². The first kappa shape index (κ1) is 50.5. The summed E-state index contributed by atoms with van der Waals surface area (Å²) in [7, 11) is 1.50. The van der Waals surface area contributed by atoms with E-state index in [0.29, 0.717) is 5.92 Å². The highest BCUT2D eigenvalue weighted by Gasteiger charge is 2.23. The van der Waals surface area contributed by atoms with Crippen molar-refractivity contribution in [2.75, 3.05) is 45.6 Å². The monoisotopic (exact) mass is 687 g/mol. The Morgan fingerprint density at radius 1 is 1.02 bits per heavy atom. The number of primary amides is 2. The second kappa shape index (κ2) is 40.7. The number of ether oxygens (including phenoxy) is 1. The van der Waals surface area contributed by atoms with Gasteiger partial charge in [-0.3, -0.25) is 14.5 Å². The van der Waals surface area contributed by atoms with E-state index in [9.17, 15) is 0 Å². The van der Waals surface area contributed by atoms with Gasteiger partial charge in [0.05, 0.1) is 0 Å². The molecule has 2 saturated heterocycles. The lowest BCUT2D eigenvalue weighted by Gasteiger charge is -2.30. The third-order valence-electron chi connectivity index (χ3n) is 6.87. The number of thioether (sulfide) groups is 1. The topological polar surface area (TPSA) is 168 Å². The number of rotatable bonds is 11. The van der Waals surface area contributed by atoms with Crippen LogP contribution in [0.4, 0.5) is 5.69 Å². The lowest BCUT2D eigenvalue weighted by Crippen LogP contribution is -2.29. The van der Waals surface area contributed by atoms with Crippen LogP contribution in [0.15, 0.2) is 46.7 Å². The quantitative estimate of drug-likeness (QED) is 0.0819. The minimum absolute atomic E-state index is 0.250. The maximum atomic E-state index is 8.58. The lowest BCUT2D eigenvalue weighted by molar-refractivity contribution is -0.107. The van der Waals surface area contributed by atoms with Crippen LogP contribution in [-0.2, 0) is 19.1 Å². The Morgan fingerprint density at radius 3 is 2.04 bits per heavy atom. The Labute approximate surface area is 290 Å². The number of carbonyl (C=O) groups excluding carboxylic acids is 3. The molecule has 0 bridgehead atoms. The molecule has 0 aromatic heterocycles. The molecule has 2 amide bonds. The minimum atomic E-state index is 0.250. The lowest BCUT2D eigenvalue weighted by atomic mass is 9.81. The SMILES string of the molecule is C=C(CCC(C/C=C/CN1CCCCC1)C1CCOCC1)Sc1cc(Cl)ccc1N.C=O.CC.CCCC.CN.NC=O.NC=O. The molecule has 46 heavy (non-hydrogen) atoms. The van der Waals surface area contributed by atoms with Crippen LogP contribution in [0.3, 0.4) is 0 Å². The third-order valence-corrected chi connectivity index (χ3v) is 8.18. The molecule has 11 heteroatoms. The molecular formula is C35H66ClN5O4S. The van der Waals surface area contributed by atoms with Crippen LogP contribution in [0.25, 0.3) is 0 Å².